The molecule has 1 saturated heterocycles. The zero-order chi connectivity index (χ0) is 21.9. The Kier molecular flexibility index (Phi) is 7.16. The molecule has 0 spiro atoms. The summed E-state index contributed by atoms with van der Waals surface area (Å²) < 4.78 is 61.2. The third kappa shape index (κ3) is 5.77. The fraction of sp³-hybridized carbons (Fsp3) is 0.357. The molecule has 0 saturated carbocycles. The number of thiocarbonyl (C=S) groups is 1. The summed E-state index contributed by atoms with van der Waals surface area (Å²) in [5, 5.41) is 8.70. The Morgan fingerprint density at radius 2 is 1.90 bits per heavy atom. The Balaban J connectivity index is 1.72. The van der Waals surface area contributed by atoms with Crippen LogP contribution >= 0.6 is 35.5 Å². The number of nitrogens with two attached hydrogens (primary N) is 1. The molecule has 1 fully saturated rings. The highest BCUT2D eigenvalue weighted by Gasteiger charge is 2.18. The number of morpholine rings is 1. The number of anilines is 1. The van der Waals surface area contributed by atoms with Gasteiger partial charge in [0.05, 0.1) is 18.1 Å². The number of aromatic nitrogens is 2. The summed E-state index contributed by atoms with van der Waals surface area (Å²) >= 11 is 7.20. The normalized spacial score (nSPS) is 15.9. The zero-order valence-electron chi connectivity index (χ0n) is 15.6. The first-order chi connectivity index (χ1) is 14.1. The Bertz CT molecular complexity index is 1200. The van der Waals surface area contributed by atoms with Crippen molar-refractivity contribution in [3.05, 3.63) is 29.1 Å². The van der Waals surface area contributed by atoms with Gasteiger partial charge in [-0.2, -0.15) is 8.42 Å². The fourth-order valence-corrected chi connectivity index (χ4v) is 6.02. The molecule has 0 amide bonds. The van der Waals surface area contributed by atoms with Crippen LogP contribution in [0.25, 0.3) is 0 Å². The van der Waals surface area contributed by atoms with Crippen molar-refractivity contribution in [1.82, 2.24) is 14.7 Å². The van der Waals surface area contributed by atoms with E-state index in [-0.39, 0.29) is 9.70 Å². The van der Waals surface area contributed by atoms with Crippen LogP contribution in [0.15, 0.2) is 37.9 Å². The lowest BCUT2D eigenvalue weighted by Crippen LogP contribution is -2.38. The number of nitrogens with one attached hydrogen (secondary N) is 1. The number of nitrogens with zero attached hydrogens (tertiary/aromatic N) is 4. The SMILES string of the molecule is Cn1nc(S(N)(=O)=O)sc1=NS(=O)(=O)c1ccc(NSC(=S)N2CCOCC2)cc1. The van der Waals surface area contributed by atoms with Crippen molar-refractivity contribution in [2.45, 2.75) is 9.24 Å². The predicted molar refractivity (Wildman–Crippen MR) is 118 cm³/mol. The molecule has 0 atom stereocenters. The molecule has 2 heterocycles. The van der Waals surface area contributed by atoms with Gasteiger partial charge < -0.3 is 14.4 Å². The van der Waals surface area contributed by atoms with Crippen LogP contribution in [-0.4, -0.2) is 62.1 Å². The molecule has 3 rings (SSSR count). The van der Waals surface area contributed by atoms with Gasteiger partial charge in [0, 0.05) is 37.8 Å². The zero-order valence-corrected chi connectivity index (χ0v) is 19.7. The van der Waals surface area contributed by atoms with Crippen molar-refractivity contribution < 1.29 is 21.6 Å². The van der Waals surface area contributed by atoms with Crippen molar-refractivity contribution in [2.24, 2.45) is 16.6 Å². The number of hydrogen-bond donors (Lipinski definition) is 2. The van der Waals surface area contributed by atoms with Crippen LogP contribution in [-0.2, 0) is 31.8 Å². The van der Waals surface area contributed by atoms with E-state index in [9.17, 15) is 16.8 Å². The van der Waals surface area contributed by atoms with Gasteiger partial charge in [0.1, 0.15) is 0 Å². The van der Waals surface area contributed by atoms with Gasteiger partial charge in [-0.15, -0.1) is 9.50 Å². The summed E-state index contributed by atoms with van der Waals surface area (Å²) in [6.45, 7) is 2.72. The molecule has 164 valence electrons. The van der Waals surface area contributed by atoms with E-state index in [4.69, 9.17) is 22.1 Å². The van der Waals surface area contributed by atoms with Crippen molar-refractivity contribution >= 4 is 65.6 Å². The fourth-order valence-electron chi connectivity index (χ4n) is 2.29. The molecule has 1 aromatic carbocycles. The van der Waals surface area contributed by atoms with Crippen LogP contribution in [0.3, 0.4) is 0 Å². The summed E-state index contributed by atoms with van der Waals surface area (Å²) in [6.07, 6.45) is 0. The maximum Gasteiger partial charge on any atom is 0.285 e. The smallest absolute Gasteiger partial charge is 0.285 e. The van der Waals surface area contributed by atoms with Crippen LogP contribution in [0.4, 0.5) is 5.69 Å². The summed E-state index contributed by atoms with van der Waals surface area (Å²) in [6, 6.07) is 5.95. The average Bonchev–Trinajstić information content (AvgIpc) is 3.07. The number of hydrogen-bond acceptors (Lipinski definition) is 10. The first kappa shape index (κ1) is 23.1. The molecule has 16 heteroatoms. The number of sulfonamides is 2. The van der Waals surface area contributed by atoms with E-state index in [1.807, 2.05) is 4.90 Å². The number of primary sulfonamides is 1. The van der Waals surface area contributed by atoms with Gasteiger partial charge in [0.2, 0.25) is 9.14 Å². The van der Waals surface area contributed by atoms with Gasteiger partial charge in [-0.05, 0) is 24.3 Å². The topological polar surface area (TPSA) is 149 Å². The molecule has 0 aliphatic carbocycles. The lowest BCUT2D eigenvalue weighted by Gasteiger charge is -2.28. The predicted octanol–water partition coefficient (Wildman–Crippen LogP) is 0.0958. The minimum absolute atomic E-state index is 0.0561. The van der Waals surface area contributed by atoms with E-state index in [0.29, 0.717) is 34.6 Å². The maximum absolute atomic E-state index is 12.5. The van der Waals surface area contributed by atoms with Gasteiger partial charge >= 0.3 is 0 Å². The maximum atomic E-state index is 12.5. The number of ether oxygens (including phenoxy) is 1. The third-order valence-corrected chi connectivity index (χ3v) is 8.79. The lowest BCUT2D eigenvalue weighted by atomic mass is 10.3. The van der Waals surface area contributed by atoms with Gasteiger partial charge in [-0.3, -0.25) is 0 Å². The molecule has 3 N–H and O–H groups in total. The van der Waals surface area contributed by atoms with E-state index >= 15 is 0 Å². The quantitative estimate of drug-likeness (QED) is 0.419. The highest BCUT2D eigenvalue weighted by molar-refractivity contribution is 8.23. The van der Waals surface area contributed by atoms with Crippen LogP contribution in [0.2, 0.25) is 0 Å². The van der Waals surface area contributed by atoms with Gasteiger partial charge in [-0.1, -0.05) is 23.6 Å². The molecule has 11 nitrogen and oxygen atoms in total. The largest absolute Gasteiger partial charge is 0.378 e. The van der Waals surface area contributed by atoms with E-state index in [2.05, 4.69) is 14.2 Å². The van der Waals surface area contributed by atoms with Crippen molar-refractivity contribution in [3.63, 3.8) is 0 Å². The molecule has 0 unspecified atom stereocenters. The highest BCUT2D eigenvalue weighted by Crippen LogP contribution is 2.20. The molecular weight excluding hydrogens is 493 g/mol. The van der Waals surface area contributed by atoms with Gasteiger partial charge in [-0.25, -0.2) is 18.2 Å². The second-order valence-electron chi connectivity index (χ2n) is 5.98. The Morgan fingerprint density at radius 1 is 1.27 bits per heavy atom. The number of aryl methyl sites for hydroxylation is 1. The molecular formula is C14H18N6O5S5. The first-order valence-corrected chi connectivity index (χ1v) is 13.4. The summed E-state index contributed by atoms with van der Waals surface area (Å²) in [5.41, 5.74) is 0.661. The highest BCUT2D eigenvalue weighted by atomic mass is 32.2. The molecule has 1 aromatic heterocycles. The van der Waals surface area contributed by atoms with Crippen molar-refractivity contribution in [1.29, 1.82) is 0 Å². The Hall–Kier alpha value is -1.56. The molecule has 1 aliphatic rings. The van der Waals surface area contributed by atoms with Gasteiger partial charge in [0.25, 0.3) is 20.0 Å². The number of benzene rings is 1. The Labute approximate surface area is 187 Å². The second-order valence-corrected chi connectivity index (χ2v) is 11.7. The van der Waals surface area contributed by atoms with Crippen LogP contribution in [0.1, 0.15) is 0 Å². The second kappa shape index (κ2) is 9.29. The monoisotopic (exact) mass is 510 g/mol. The van der Waals surface area contributed by atoms with Crippen LogP contribution in [0.5, 0.6) is 0 Å². The first-order valence-electron chi connectivity index (χ1n) is 8.34. The number of rotatable bonds is 5. The van der Waals surface area contributed by atoms with E-state index in [0.717, 1.165) is 17.8 Å². The van der Waals surface area contributed by atoms with E-state index in [1.165, 1.54) is 31.1 Å². The summed E-state index contributed by atoms with van der Waals surface area (Å²) in [4.78, 5) is 1.85. The summed E-state index contributed by atoms with van der Waals surface area (Å²) in [7, 11) is -6.75. The van der Waals surface area contributed by atoms with Gasteiger partial charge in [0.15, 0.2) is 4.32 Å². The molecule has 30 heavy (non-hydrogen) atoms. The van der Waals surface area contributed by atoms with E-state index < -0.39 is 24.4 Å². The Morgan fingerprint density at radius 3 is 2.47 bits per heavy atom. The molecule has 1 aliphatic heterocycles. The van der Waals surface area contributed by atoms with Crippen LogP contribution in [0, 0.1) is 0 Å². The van der Waals surface area contributed by atoms with E-state index in [1.54, 1.807) is 12.1 Å². The third-order valence-electron chi connectivity index (χ3n) is 3.81. The van der Waals surface area contributed by atoms with Crippen molar-refractivity contribution in [3.8, 4) is 0 Å². The molecule has 0 bridgehead atoms. The minimum Gasteiger partial charge on any atom is -0.378 e. The van der Waals surface area contributed by atoms with Crippen molar-refractivity contribution in [2.75, 3.05) is 31.0 Å². The van der Waals surface area contributed by atoms with Crippen LogP contribution < -0.4 is 14.7 Å². The average molecular weight is 511 g/mol. The summed E-state index contributed by atoms with van der Waals surface area (Å²) in [5.74, 6) is 0. The lowest BCUT2D eigenvalue weighted by molar-refractivity contribution is 0.0702. The molecule has 2 aromatic rings. The standard InChI is InChI=1S/C14H18N6O5S5/c1-19-12(27-13(16-19)29(15,21)22)18-30(23,24)11-4-2-10(3-5-11)17-28-14(26)20-6-8-25-9-7-20/h2-5,17H,6-9H2,1H3,(H2,15,21,22). The minimum atomic E-state index is -4.08. The molecule has 0 radical (unpaired) electrons.